The van der Waals surface area contributed by atoms with Crippen molar-refractivity contribution in [2.45, 2.75) is 13.3 Å². The molecule has 0 saturated heterocycles. The van der Waals surface area contributed by atoms with E-state index >= 15 is 0 Å². The molecule has 0 spiro atoms. The third-order valence-electron chi connectivity index (χ3n) is 4.47. The van der Waals surface area contributed by atoms with Crippen LogP contribution in [-0.4, -0.2) is 26.1 Å². The van der Waals surface area contributed by atoms with Crippen molar-refractivity contribution in [1.82, 2.24) is 5.32 Å². The topological polar surface area (TPSA) is 50.4 Å². The first-order valence-electron chi connectivity index (χ1n) is 8.80. The normalized spacial score (nSPS) is 14.2. The molecule has 3 rings (SSSR count). The fraction of sp³-hybridized carbons (Fsp3) is 0.227. The number of ether oxygens (including phenoxy) is 1. The molecule has 1 heterocycles. The van der Waals surface area contributed by atoms with Crippen LogP contribution in [0.25, 0.3) is 11.6 Å². The van der Waals surface area contributed by atoms with E-state index in [9.17, 15) is 4.79 Å². The molecule has 1 amide bonds. The quantitative estimate of drug-likeness (QED) is 0.802. The summed E-state index contributed by atoms with van der Waals surface area (Å²) in [4.78, 5) is 12.2. The van der Waals surface area contributed by atoms with E-state index in [4.69, 9.17) is 4.74 Å². The van der Waals surface area contributed by atoms with Crippen LogP contribution in [0.2, 0.25) is 0 Å². The lowest BCUT2D eigenvalue weighted by atomic mass is 9.98. The van der Waals surface area contributed by atoms with Gasteiger partial charge in [0.2, 0.25) is 5.91 Å². The van der Waals surface area contributed by atoms with Gasteiger partial charge in [0.1, 0.15) is 5.75 Å². The average Bonchev–Trinajstić information content (AvgIpc) is 2.68. The van der Waals surface area contributed by atoms with Crippen LogP contribution in [0.4, 0.5) is 5.69 Å². The second kappa shape index (κ2) is 8.50. The predicted molar refractivity (Wildman–Crippen MR) is 107 cm³/mol. The van der Waals surface area contributed by atoms with E-state index in [2.05, 4.69) is 22.8 Å². The standard InChI is InChI=1S/C22H24N2O2/c1-16-5-3-4-6-20(16)24-22(25)10-8-17-7-9-19(21(15-17)26-2)18-11-13-23-14-12-18/h3-11,15,23H,12-14H2,1-2H3,(H,24,25)/b10-8+. The van der Waals surface area contributed by atoms with Crippen LogP contribution in [-0.2, 0) is 4.79 Å². The Labute approximate surface area is 154 Å². The van der Waals surface area contributed by atoms with Gasteiger partial charge in [-0.05, 0) is 54.8 Å². The van der Waals surface area contributed by atoms with Crippen LogP contribution < -0.4 is 15.4 Å². The number of para-hydroxylation sites is 1. The highest BCUT2D eigenvalue weighted by Crippen LogP contribution is 2.30. The lowest BCUT2D eigenvalue weighted by Crippen LogP contribution is -2.20. The number of benzene rings is 2. The van der Waals surface area contributed by atoms with Crippen LogP contribution in [0, 0.1) is 6.92 Å². The largest absolute Gasteiger partial charge is 0.496 e. The average molecular weight is 348 g/mol. The number of rotatable bonds is 5. The fourth-order valence-corrected chi connectivity index (χ4v) is 3.00. The summed E-state index contributed by atoms with van der Waals surface area (Å²) >= 11 is 0. The molecule has 26 heavy (non-hydrogen) atoms. The first-order chi connectivity index (χ1) is 12.7. The summed E-state index contributed by atoms with van der Waals surface area (Å²) in [6, 6.07) is 13.8. The van der Waals surface area contributed by atoms with Gasteiger partial charge in [-0.15, -0.1) is 0 Å². The molecule has 1 aliphatic rings. The SMILES string of the molecule is COc1cc(/C=C/C(=O)Nc2ccccc2C)ccc1C1=CCNCC1. The maximum Gasteiger partial charge on any atom is 0.248 e. The molecule has 4 heteroatoms. The molecule has 2 N–H and O–H groups in total. The highest BCUT2D eigenvalue weighted by Gasteiger charge is 2.11. The van der Waals surface area contributed by atoms with Crippen molar-refractivity contribution in [1.29, 1.82) is 0 Å². The third kappa shape index (κ3) is 4.41. The van der Waals surface area contributed by atoms with Gasteiger partial charge in [-0.1, -0.05) is 36.4 Å². The van der Waals surface area contributed by atoms with Crippen molar-refractivity contribution in [2.24, 2.45) is 0 Å². The lowest BCUT2D eigenvalue weighted by Gasteiger charge is -2.17. The fourth-order valence-electron chi connectivity index (χ4n) is 3.00. The maximum atomic E-state index is 12.2. The van der Waals surface area contributed by atoms with E-state index in [-0.39, 0.29) is 5.91 Å². The molecular formula is C22H24N2O2. The summed E-state index contributed by atoms with van der Waals surface area (Å²) in [7, 11) is 1.68. The van der Waals surface area contributed by atoms with Crippen molar-refractivity contribution >= 4 is 23.2 Å². The van der Waals surface area contributed by atoms with Gasteiger partial charge in [0.15, 0.2) is 0 Å². The van der Waals surface area contributed by atoms with E-state index in [0.717, 1.165) is 47.6 Å². The zero-order valence-electron chi connectivity index (χ0n) is 15.2. The molecule has 0 saturated carbocycles. The molecule has 4 nitrogen and oxygen atoms in total. The van der Waals surface area contributed by atoms with Gasteiger partial charge in [0.25, 0.3) is 0 Å². The van der Waals surface area contributed by atoms with E-state index < -0.39 is 0 Å². The number of carbonyl (C=O) groups is 1. The smallest absolute Gasteiger partial charge is 0.248 e. The molecule has 0 bridgehead atoms. The maximum absolute atomic E-state index is 12.2. The molecule has 2 aromatic carbocycles. The van der Waals surface area contributed by atoms with Crippen LogP contribution >= 0.6 is 0 Å². The van der Waals surface area contributed by atoms with Crippen molar-refractivity contribution in [3.05, 3.63) is 71.3 Å². The Morgan fingerprint density at radius 2 is 2.08 bits per heavy atom. The van der Waals surface area contributed by atoms with Crippen molar-refractivity contribution in [2.75, 3.05) is 25.5 Å². The molecule has 0 radical (unpaired) electrons. The second-order valence-electron chi connectivity index (χ2n) is 6.28. The van der Waals surface area contributed by atoms with Gasteiger partial charge < -0.3 is 15.4 Å². The summed E-state index contributed by atoms with van der Waals surface area (Å²) in [5.41, 5.74) is 5.22. The summed E-state index contributed by atoms with van der Waals surface area (Å²) < 4.78 is 5.56. The van der Waals surface area contributed by atoms with Crippen LogP contribution in [0.15, 0.2) is 54.6 Å². The molecule has 134 valence electrons. The Balaban J connectivity index is 1.73. The zero-order chi connectivity index (χ0) is 18.4. The summed E-state index contributed by atoms with van der Waals surface area (Å²) in [6.45, 7) is 3.84. The van der Waals surface area contributed by atoms with Gasteiger partial charge in [-0.2, -0.15) is 0 Å². The monoisotopic (exact) mass is 348 g/mol. The van der Waals surface area contributed by atoms with Crippen LogP contribution in [0.5, 0.6) is 5.75 Å². The minimum absolute atomic E-state index is 0.150. The number of amides is 1. The number of anilines is 1. The van der Waals surface area contributed by atoms with Crippen molar-refractivity contribution in [3.63, 3.8) is 0 Å². The molecule has 0 atom stereocenters. The summed E-state index contributed by atoms with van der Waals surface area (Å²) in [6.07, 6.45) is 6.54. The van der Waals surface area contributed by atoms with Gasteiger partial charge in [0.05, 0.1) is 7.11 Å². The number of methoxy groups -OCH3 is 1. The van der Waals surface area contributed by atoms with Gasteiger partial charge in [-0.25, -0.2) is 0 Å². The number of hydrogen-bond acceptors (Lipinski definition) is 3. The molecular weight excluding hydrogens is 324 g/mol. The molecule has 1 aliphatic heterocycles. The summed E-state index contributed by atoms with van der Waals surface area (Å²) in [5.74, 6) is 0.683. The van der Waals surface area contributed by atoms with Crippen molar-refractivity contribution < 1.29 is 9.53 Å². The van der Waals surface area contributed by atoms with E-state index in [1.807, 2.05) is 43.3 Å². The Morgan fingerprint density at radius 1 is 1.23 bits per heavy atom. The predicted octanol–water partition coefficient (Wildman–Crippen LogP) is 4.03. The van der Waals surface area contributed by atoms with Gasteiger partial charge >= 0.3 is 0 Å². The molecule has 2 aromatic rings. The highest BCUT2D eigenvalue weighted by molar-refractivity contribution is 6.02. The Morgan fingerprint density at radius 3 is 2.81 bits per heavy atom. The van der Waals surface area contributed by atoms with Crippen molar-refractivity contribution in [3.8, 4) is 5.75 Å². The third-order valence-corrected chi connectivity index (χ3v) is 4.47. The van der Waals surface area contributed by atoms with E-state index in [1.54, 1.807) is 19.3 Å². The molecule has 0 aliphatic carbocycles. The van der Waals surface area contributed by atoms with Gasteiger partial charge in [0, 0.05) is 23.9 Å². The molecule has 0 unspecified atom stereocenters. The second-order valence-corrected chi connectivity index (χ2v) is 6.28. The van der Waals surface area contributed by atoms with E-state index in [1.165, 1.54) is 5.57 Å². The first kappa shape index (κ1) is 18.0. The Hall–Kier alpha value is -2.85. The van der Waals surface area contributed by atoms with Crippen LogP contribution in [0.1, 0.15) is 23.1 Å². The number of aryl methyl sites for hydroxylation is 1. The Bertz CT molecular complexity index is 853. The molecule has 0 fully saturated rings. The number of hydrogen-bond donors (Lipinski definition) is 2. The Kier molecular flexibility index (Phi) is 5.87. The first-order valence-corrected chi connectivity index (χ1v) is 8.80. The number of nitrogens with one attached hydrogen (secondary N) is 2. The van der Waals surface area contributed by atoms with Gasteiger partial charge in [-0.3, -0.25) is 4.79 Å². The molecule has 0 aromatic heterocycles. The zero-order valence-corrected chi connectivity index (χ0v) is 15.2. The lowest BCUT2D eigenvalue weighted by molar-refractivity contribution is -0.111. The highest BCUT2D eigenvalue weighted by atomic mass is 16.5. The van der Waals surface area contributed by atoms with E-state index in [0.29, 0.717) is 0 Å². The van der Waals surface area contributed by atoms with Crippen LogP contribution in [0.3, 0.4) is 0 Å². The summed E-state index contributed by atoms with van der Waals surface area (Å²) in [5, 5.41) is 6.22. The minimum atomic E-state index is -0.150. The minimum Gasteiger partial charge on any atom is -0.496 e. The number of carbonyl (C=O) groups excluding carboxylic acids is 1.